The van der Waals surface area contributed by atoms with Crippen molar-refractivity contribution in [2.45, 2.75) is 13.0 Å². The number of aromatic nitrogens is 2. The Hall–Kier alpha value is -3.15. The number of fused-ring (bicyclic) bond motifs is 2. The topological polar surface area (TPSA) is 72.7 Å². The molecule has 0 radical (unpaired) electrons. The maximum Gasteiger partial charge on any atom is 0.258 e. The number of rotatable bonds is 3. The van der Waals surface area contributed by atoms with E-state index in [0.29, 0.717) is 29.2 Å². The predicted octanol–water partition coefficient (Wildman–Crippen LogP) is 1.56. The minimum absolute atomic E-state index is 0.0491. The monoisotopic (exact) mass is 321 g/mol. The molecule has 0 saturated heterocycles. The minimum atomic E-state index is -0.138. The lowest BCUT2D eigenvalue weighted by molar-refractivity contribution is 0.0946. The Kier molecular flexibility index (Phi) is 3.49. The largest absolute Gasteiger partial charge is 0.487 e. The number of amides is 1. The van der Waals surface area contributed by atoms with Gasteiger partial charge in [0.1, 0.15) is 18.0 Å². The van der Waals surface area contributed by atoms with Crippen molar-refractivity contribution in [1.82, 2.24) is 14.7 Å². The van der Waals surface area contributed by atoms with Crippen LogP contribution in [-0.2, 0) is 13.0 Å². The number of nitrogens with one attached hydrogen (secondary N) is 1. The predicted molar refractivity (Wildman–Crippen MR) is 88.3 cm³/mol. The maximum absolute atomic E-state index is 12.1. The van der Waals surface area contributed by atoms with E-state index in [9.17, 15) is 9.59 Å². The molecule has 6 heteroatoms. The minimum Gasteiger partial charge on any atom is -0.487 e. The molecule has 0 spiro atoms. The van der Waals surface area contributed by atoms with E-state index in [0.717, 1.165) is 12.0 Å². The van der Waals surface area contributed by atoms with Gasteiger partial charge in [-0.25, -0.2) is 4.98 Å². The highest BCUT2D eigenvalue weighted by Gasteiger charge is 2.16. The zero-order valence-corrected chi connectivity index (χ0v) is 12.9. The van der Waals surface area contributed by atoms with Gasteiger partial charge < -0.3 is 10.1 Å². The molecule has 1 aliphatic heterocycles. The average Bonchev–Trinajstić information content (AvgIpc) is 2.60. The highest BCUT2D eigenvalue weighted by molar-refractivity contribution is 5.96. The van der Waals surface area contributed by atoms with Gasteiger partial charge in [0.05, 0.1) is 5.69 Å². The van der Waals surface area contributed by atoms with Crippen molar-refractivity contribution in [2.75, 3.05) is 6.54 Å². The Morgan fingerprint density at radius 1 is 1.17 bits per heavy atom. The van der Waals surface area contributed by atoms with Crippen LogP contribution in [0.3, 0.4) is 0 Å². The smallest absolute Gasteiger partial charge is 0.258 e. The molecule has 1 aliphatic rings. The summed E-state index contributed by atoms with van der Waals surface area (Å²) in [5, 5.41) is 2.81. The van der Waals surface area contributed by atoms with Gasteiger partial charge in [0.15, 0.2) is 0 Å². The number of pyridine rings is 1. The van der Waals surface area contributed by atoms with Gasteiger partial charge in [-0.2, -0.15) is 0 Å². The van der Waals surface area contributed by atoms with Gasteiger partial charge in [0, 0.05) is 24.4 Å². The van der Waals surface area contributed by atoms with E-state index in [1.165, 1.54) is 10.5 Å². The van der Waals surface area contributed by atoms with Gasteiger partial charge in [-0.3, -0.25) is 14.0 Å². The van der Waals surface area contributed by atoms with Crippen LogP contribution in [0.15, 0.2) is 53.5 Å². The normalized spacial score (nSPS) is 13.4. The van der Waals surface area contributed by atoms with Crippen molar-refractivity contribution >= 4 is 11.6 Å². The van der Waals surface area contributed by atoms with E-state index < -0.39 is 0 Å². The van der Waals surface area contributed by atoms with Gasteiger partial charge in [-0.05, 0) is 42.3 Å². The molecule has 1 amide bonds. The van der Waals surface area contributed by atoms with Crippen molar-refractivity contribution in [3.05, 3.63) is 75.8 Å². The third-order valence-corrected chi connectivity index (χ3v) is 4.01. The number of carbonyl (C=O) groups excluding carboxylic acids is 1. The molecule has 0 fully saturated rings. The molecule has 1 aromatic carbocycles. The lowest BCUT2D eigenvalue weighted by Gasteiger charge is -2.17. The number of carbonyl (C=O) groups is 1. The first-order valence-electron chi connectivity index (χ1n) is 7.72. The van der Waals surface area contributed by atoms with Crippen LogP contribution in [0.25, 0.3) is 5.65 Å². The summed E-state index contributed by atoms with van der Waals surface area (Å²) in [6.07, 6.45) is 2.47. The molecule has 0 bridgehead atoms. The molecule has 3 heterocycles. The molecule has 0 aliphatic carbocycles. The molecule has 1 N–H and O–H groups in total. The van der Waals surface area contributed by atoms with Gasteiger partial charge in [0.25, 0.3) is 11.5 Å². The van der Waals surface area contributed by atoms with Crippen LogP contribution in [0.4, 0.5) is 0 Å². The Morgan fingerprint density at radius 3 is 3.00 bits per heavy atom. The fourth-order valence-electron chi connectivity index (χ4n) is 2.83. The van der Waals surface area contributed by atoms with E-state index in [2.05, 4.69) is 10.3 Å². The Balaban J connectivity index is 1.57. The van der Waals surface area contributed by atoms with Crippen LogP contribution >= 0.6 is 0 Å². The second-order valence-electron chi connectivity index (χ2n) is 5.63. The zero-order valence-electron chi connectivity index (χ0n) is 12.9. The first-order chi connectivity index (χ1) is 11.7. The molecule has 0 unspecified atom stereocenters. The SMILES string of the molecule is O=C1NCCc2cc(OCc3cc(=O)n4ccccc4n3)ccc21. The first-order valence-corrected chi connectivity index (χ1v) is 7.72. The van der Waals surface area contributed by atoms with Crippen LogP contribution in [0.5, 0.6) is 5.75 Å². The average molecular weight is 321 g/mol. The summed E-state index contributed by atoms with van der Waals surface area (Å²) in [4.78, 5) is 28.2. The molecule has 0 saturated carbocycles. The number of hydrogen-bond acceptors (Lipinski definition) is 4. The Labute approximate surface area is 137 Å². The van der Waals surface area contributed by atoms with Crippen molar-refractivity contribution in [3.8, 4) is 5.75 Å². The molecule has 24 heavy (non-hydrogen) atoms. The summed E-state index contributed by atoms with van der Waals surface area (Å²) in [6.45, 7) is 0.837. The molecular formula is C18H15N3O3. The van der Waals surface area contributed by atoms with Crippen LogP contribution in [0.2, 0.25) is 0 Å². The summed E-state index contributed by atoms with van der Waals surface area (Å²) in [5.74, 6) is 0.616. The van der Waals surface area contributed by atoms with Gasteiger partial charge in [-0.1, -0.05) is 6.07 Å². The molecule has 2 aromatic heterocycles. The molecular weight excluding hydrogens is 306 g/mol. The van der Waals surface area contributed by atoms with E-state index in [1.54, 1.807) is 30.5 Å². The number of ether oxygens (including phenoxy) is 1. The van der Waals surface area contributed by atoms with Crippen molar-refractivity contribution in [2.24, 2.45) is 0 Å². The van der Waals surface area contributed by atoms with Crippen LogP contribution < -0.4 is 15.6 Å². The highest BCUT2D eigenvalue weighted by Crippen LogP contribution is 2.21. The van der Waals surface area contributed by atoms with E-state index in [-0.39, 0.29) is 18.1 Å². The third-order valence-electron chi connectivity index (χ3n) is 4.01. The van der Waals surface area contributed by atoms with Crippen LogP contribution in [-0.4, -0.2) is 21.8 Å². The second kappa shape index (κ2) is 5.81. The third kappa shape index (κ3) is 2.62. The Morgan fingerprint density at radius 2 is 2.08 bits per heavy atom. The quantitative estimate of drug-likeness (QED) is 0.794. The molecule has 120 valence electrons. The molecule has 6 nitrogen and oxygen atoms in total. The summed E-state index contributed by atoms with van der Waals surface area (Å²) >= 11 is 0. The fraction of sp³-hybridized carbons (Fsp3) is 0.167. The van der Waals surface area contributed by atoms with Gasteiger partial charge >= 0.3 is 0 Å². The summed E-state index contributed by atoms with van der Waals surface area (Å²) < 4.78 is 7.24. The number of hydrogen-bond donors (Lipinski definition) is 1. The highest BCUT2D eigenvalue weighted by atomic mass is 16.5. The van der Waals surface area contributed by atoms with E-state index in [1.807, 2.05) is 12.1 Å². The Bertz CT molecular complexity index is 994. The number of benzene rings is 1. The van der Waals surface area contributed by atoms with Crippen molar-refractivity contribution < 1.29 is 9.53 Å². The van der Waals surface area contributed by atoms with Crippen LogP contribution in [0, 0.1) is 0 Å². The second-order valence-corrected chi connectivity index (χ2v) is 5.63. The molecule has 0 atom stereocenters. The standard InChI is InChI=1S/C18H15N3O3/c22-17-10-13(20-16-3-1-2-8-21(16)17)11-24-14-4-5-15-12(9-14)6-7-19-18(15)23/h1-5,8-10H,6-7,11H2,(H,19,23). The maximum atomic E-state index is 12.1. The van der Waals surface area contributed by atoms with Crippen molar-refractivity contribution in [3.63, 3.8) is 0 Å². The fourth-order valence-corrected chi connectivity index (χ4v) is 2.83. The molecule has 4 rings (SSSR count). The lowest BCUT2D eigenvalue weighted by Crippen LogP contribution is -2.31. The summed E-state index contributed by atoms with van der Waals surface area (Å²) in [5.41, 5.74) is 2.69. The summed E-state index contributed by atoms with van der Waals surface area (Å²) in [7, 11) is 0. The first kappa shape index (κ1) is 14.4. The zero-order chi connectivity index (χ0) is 16.5. The van der Waals surface area contributed by atoms with Gasteiger partial charge in [0.2, 0.25) is 0 Å². The van der Waals surface area contributed by atoms with Crippen LogP contribution in [0.1, 0.15) is 21.6 Å². The number of nitrogens with zero attached hydrogens (tertiary/aromatic N) is 2. The van der Waals surface area contributed by atoms with E-state index in [4.69, 9.17) is 4.74 Å². The summed E-state index contributed by atoms with van der Waals surface area (Å²) in [6, 6.07) is 12.3. The lowest BCUT2D eigenvalue weighted by atomic mass is 10.0. The van der Waals surface area contributed by atoms with E-state index >= 15 is 0 Å². The molecule has 3 aromatic rings. The van der Waals surface area contributed by atoms with Crippen molar-refractivity contribution in [1.29, 1.82) is 0 Å². The van der Waals surface area contributed by atoms with Gasteiger partial charge in [-0.15, -0.1) is 0 Å².